The van der Waals surface area contributed by atoms with Crippen LogP contribution in [0.1, 0.15) is 0 Å². The van der Waals surface area contributed by atoms with Crippen LogP contribution in [0.25, 0.3) is 0 Å². The molecule has 0 radical (unpaired) electrons. The number of fused-ring (bicyclic) bond motifs is 1. The highest BCUT2D eigenvalue weighted by Crippen LogP contribution is 1.92. The van der Waals surface area contributed by atoms with Gasteiger partial charge in [-0.25, -0.2) is 19.8 Å². The van der Waals surface area contributed by atoms with E-state index in [-0.39, 0.29) is 0 Å². The molecule has 5 nitrogen and oxygen atoms in total. The second kappa shape index (κ2) is 2.37. The predicted octanol–water partition coefficient (Wildman–Crippen LogP) is -1.25. The summed E-state index contributed by atoms with van der Waals surface area (Å²) in [6.45, 7) is 0. The van der Waals surface area contributed by atoms with Crippen molar-refractivity contribution in [2.45, 2.75) is 6.17 Å². The maximum Gasteiger partial charge on any atom is 0.351 e. The quantitative estimate of drug-likeness (QED) is 0.561. The zero-order valence-corrected chi connectivity index (χ0v) is 6.01. The summed E-state index contributed by atoms with van der Waals surface area (Å²) in [6.07, 6.45) is 0.553. The van der Waals surface area contributed by atoms with E-state index in [9.17, 15) is 4.79 Å². The van der Waals surface area contributed by atoms with Gasteiger partial charge in [0.05, 0.1) is 0 Å². The molecule has 0 aromatic carbocycles. The molecule has 1 N–H and O–H groups in total. The Labute approximate surface area is 67.1 Å². The Morgan fingerprint density at radius 2 is 2.33 bits per heavy atom. The van der Waals surface area contributed by atoms with Gasteiger partial charge in [-0.15, -0.1) is 0 Å². The Kier molecular flexibility index (Phi) is 1.36. The third-order valence-corrected chi connectivity index (χ3v) is 1.49. The maximum atomic E-state index is 10.5. The standard InChI is InChI=1S/C7H5N3O2/c11-7(12)6-9-4-2-1-3-8-5(4)10-6/h1-3,6H,(H,11,12)/t6-/m1/s1. The smallest absolute Gasteiger partial charge is 0.351 e. The van der Waals surface area contributed by atoms with E-state index in [2.05, 4.69) is 15.0 Å². The lowest BCUT2D eigenvalue weighted by Gasteiger charge is -1.91. The topological polar surface area (TPSA) is 74.9 Å². The predicted molar refractivity (Wildman–Crippen MR) is 38.0 cm³/mol. The van der Waals surface area contributed by atoms with Crippen molar-refractivity contribution < 1.29 is 9.90 Å². The molecular weight excluding hydrogens is 158 g/mol. The Bertz CT molecular complexity index is 405. The minimum Gasteiger partial charge on any atom is -0.478 e. The van der Waals surface area contributed by atoms with Crippen molar-refractivity contribution in [1.82, 2.24) is 4.98 Å². The van der Waals surface area contributed by atoms with Crippen molar-refractivity contribution in [3.63, 3.8) is 0 Å². The van der Waals surface area contributed by atoms with Crippen molar-refractivity contribution >= 4 is 5.97 Å². The van der Waals surface area contributed by atoms with Gasteiger partial charge in [-0.2, -0.15) is 0 Å². The van der Waals surface area contributed by atoms with E-state index in [0.717, 1.165) is 0 Å². The van der Waals surface area contributed by atoms with Gasteiger partial charge < -0.3 is 5.11 Å². The highest BCUT2D eigenvalue weighted by Gasteiger charge is 2.17. The van der Waals surface area contributed by atoms with Crippen LogP contribution in [-0.4, -0.2) is 22.2 Å². The van der Waals surface area contributed by atoms with E-state index < -0.39 is 12.1 Å². The first-order valence-electron chi connectivity index (χ1n) is 3.37. The highest BCUT2D eigenvalue weighted by atomic mass is 16.4. The zero-order valence-electron chi connectivity index (χ0n) is 6.01. The number of carboxylic acid groups (broad SMARTS) is 1. The largest absolute Gasteiger partial charge is 0.478 e. The van der Waals surface area contributed by atoms with E-state index in [0.29, 0.717) is 10.8 Å². The fraction of sp³-hybridized carbons (Fsp3) is 0.143. The second-order valence-electron chi connectivity index (χ2n) is 2.32. The third kappa shape index (κ3) is 0.952. The van der Waals surface area contributed by atoms with Gasteiger partial charge in [-0.1, -0.05) is 0 Å². The fourth-order valence-corrected chi connectivity index (χ4v) is 0.976. The number of pyridine rings is 1. The summed E-state index contributed by atoms with van der Waals surface area (Å²) in [6, 6.07) is 3.39. The number of carboxylic acids is 1. The van der Waals surface area contributed by atoms with Crippen molar-refractivity contribution in [3.8, 4) is 0 Å². The SMILES string of the molecule is O=C(O)[C@@H]1N=c2cccnc2=N1. The molecule has 1 atom stereocenters. The molecule has 1 aromatic rings. The van der Waals surface area contributed by atoms with Crippen LogP contribution >= 0.6 is 0 Å². The van der Waals surface area contributed by atoms with Crippen LogP contribution in [0.4, 0.5) is 0 Å². The van der Waals surface area contributed by atoms with E-state index in [4.69, 9.17) is 5.11 Å². The van der Waals surface area contributed by atoms with Crippen LogP contribution in [0.15, 0.2) is 28.3 Å². The average molecular weight is 163 g/mol. The van der Waals surface area contributed by atoms with Gasteiger partial charge in [0.15, 0.2) is 5.49 Å². The molecule has 2 heterocycles. The Morgan fingerprint density at radius 1 is 1.50 bits per heavy atom. The molecule has 0 spiro atoms. The van der Waals surface area contributed by atoms with Crippen LogP contribution in [0.5, 0.6) is 0 Å². The number of hydrogen-bond acceptors (Lipinski definition) is 4. The molecular formula is C7H5N3O2. The van der Waals surface area contributed by atoms with Crippen LogP contribution in [0.2, 0.25) is 0 Å². The molecule has 60 valence electrons. The van der Waals surface area contributed by atoms with Gasteiger partial charge >= 0.3 is 5.97 Å². The molecule has 1 aliphatic heterocycles. The average Bonchev–Trinajstić information content (AvgIpc) is 2.46. The molecule has 0 aliphatic carbocycles. The molecule has 0 saturated carbocycles. The van der Waals surface area contributed by atoms with E-state index >= 15 is 0 Å². The highest BCUT2D eigenvalue weighted by molar-refractivity contribution is 5.73. The minimum absolute atomic E-state index is 0.407. The first-order valence-corrected chi connectivity index (χ1v) is 3.37. The Hall–Kier alpha value is -1.78. The molecule has 2 rings (SSSR count). The molecule has 5 heteroatoms. The van der Waals surface area contributed by atoms with Gasteiger partial charge in [-0.3, -0.25) is 0 Å². The van der Waals surface area contributed by atoms with Crippen molar-refractivity contribution in [2.24, 2.45) is 9.98 Å². The molecule has 0 amide bonds. The van der Waals surface area contributed by atoms with Crippen LogP contribution < -0.4 is 10.8 Å². The summed E-state index contributed by atoms with van der Waals surface area (Å²) < 4.78 is 0. The molecule has 1 aromatic heterocycles. The third-order valence-electron chi connectivity index (χ3n) is 1.49. The number of rotatable bonds is 1. The van der Waals surface area contributed by atoms with Gasteiger partial charge in [0.1, 0.15) is 5.36 Å². The molecule has 12 heavy (non-hydrogen) atoms. The van der Waals surface area contributed by atoms with Crippen molar-refractivity contribution in [2.75, 3.05) is 0 Å². The number of nitrogens with zero attached hydrogens (tertiary/aromatic N) is 3. The van der Waals surface area contributed by atoms with Crippen LogP contribution in [0.3, 0.4) is 0 Å². The fourth-order valence-electron chi connectivity index (χ4n) is 0.976. The van der Waals surface area contributed by atoms with E-state index in [1.54, 1.807) is 18.3 Å². The Balaban J connectivity index is 2.60. The van der Waals surface area contributed by atoms with Crippen LogP contribution in [-0.2, 0) is 4.79 Å². The van der Waals surface area contributed by atoms with E-state index in [1.165, 1.54) is 0 Å². The molecule has 1 aliphatic rings. The number of hydrogen-bond donors (Lipinski definition) is 1. The van der Waals surface area contributed by atoms with Crippen LogP contribution in [0, 0.1) is 0 Å². The molecule has 0 saturated heterocycles. The lowest BCUT2D eigenvalue weighted by molar-refractivity contribution is -0.138. The van der Waals surface area contributed by atoms with Gasteiger partial charge in [0.25, 0.3) is 0 Å². The number of aliphatic carboxylic acids is 1. The van der Waals surface area contributed by atoms with Crippen molar-refractivity contribution in [1.29, 1.82) is 0 Å². The molecule has 0 bridgehead atoms. The summed E-state index contributed by atoms with van der Waals surface area (Å²) in [7, 11) is 0. The summed E-state index contributed by atoms with van der Waals surface area (Å²) in [5.41, 5.74) is 0.407. The summed E-state index contributed by atoms with van der Waals surface area (Å²) in [5, 5.41) is 9.12. The lowest BCUT2D eigenvalue weighted by atomic mass is 10.5. The van der Waals surface area contributed by atoms with Crippen molar-refractivity contribution in [3.05, 3.63) is 29.2 Å². The molecule has 0 unspecified atom stereocenters. The Morgan fingerprint density at radius 3 is 3.00 bits per heavy atom. The minimum atomic E-state index is -1.05. The van der Waals surface area contributed by atoms with E-state index in [1.807, 2.05) is 0 Å². The summed E-state index contributed by atoms with van der Waals surface area (Å²) >= 11 is 0. The monoisotopic (exact) mass is 163 g/mol. The summed E-state index contributed by atoms with van der Waals surface area (Å²) in [4.78, 5) is 21.9. The maximum absolute atomic E-state index is 10.5. The number of aromatic nitrogens is 1. The second-order valence-corrected chi connectivity index (χ2v) is 2.32. The first kappa shape index (κ1) is 6.90. The lowest BCUT2D eigenvalue weighted by Crippen LogP contribution is -2.23. The zero-order chi connectivity index (χ0) is 8.55. The van der Waals surface area contributed by atoms with Gasteiger partial charge in [0, 0.05) is 6.20 Å². The normalized spacial score (nSPS) is 19.2. The van der Waals surface area contributed by atoms with Gasteiger partial charge in [-0.05, 0) is 12.1 Å². The first-order chi connectivity index (χ1) is 5.77. The summed E-state index contributed by atoms with van der Waals surface area (Å²) in [5.74, 6) is -1.05. The number of carbonyl (C=O) groups is 1. The molecule has 0 fully saturated rings. The van der Waals surface area contributed by atoms with Gasteiger partial charge in [0.2, 0.25) is 6.17 Å².